The molecule has 0 aliphatic carbocycles. The Morgan fingerprint density at radius 3 is 2.68 bits per heavy atom. The number of pyridine rings is 1. The summed E-state index contributed by atoms with van der Waals surface area (Å²) in [4.78, 5) is 6.15. The predicted octanol–water partition coefficient (Wildman–Crippen LogP) is 1.73. The molecule has 0 aromatic carbocycles. The highest BCUT2D eigenvalue weighted by Crippen LogP contribution is 2.23. The molecule has 2 aromatic heterocycles. The predicted molar refractivity (Wildman–Crippen MR) is 78.8 cm³/mol. The van der Waals surface area contributed by atoms with E-state index in [0.29, 0.717) is 18.0 Å². The Labute approximate surface area is 128 Å². The molecule has 2 aromatic rings. The molecule has 1 saturated heterocycles. The van der Waals surface area contributed by atoms with Gasteiger partial charge in [0.2, 0.25) is 5.88 Å². The maximum absolute atomic E-state index is 14.1. The number of likely N-dealkylation sites (tertiary alicyclic amines) is 1. The summed E-state index contributed by atoms with van der Waals surface area (Å²) in [6, 6.07) is 1.72. The molecule has 3 heterocycles. The van der Waals surface area contributed by atoms with E-state index in [1.54, 1.807) is 24.9 Å². The second-order valence-electron chi connectivity index (χ2n) is 5.67. The van der Waals surface area contributed by atoms with Crippen LogP contribution in [0.2, 0.25) is 0 Å². The average molecular weight is 305 g/mol. The molecule has 0 spiro atoms. The van der Waals surface area contributed by atoms with Crippen molar-refractivity contribution in [3.8, 4) is 5.88 Å². The fraction of sp³-hybridized carbons (Fsp3) is 0.533. The third-order valence-corrected chi connectivity index (χ3v) is 4.17. The van der Waals surface area contributed by atoms with Crippen molar-refractivity contribution in [1.29, 1.82) is 0 Å². The van der Waals surface area contributed by atoms with Gasteiger partial charge in [-0.1, -0.05) is 0 Å². The number of nitrogens with zero attached hydrogens (tertiary/aromatic N) is 5. The van der Waals surface area contributed by atoms with Crippen LogP contribution < -0.4 is 4.74 Å². The van der Waals surface area contributed by atoms with Crippen molar-refractivity contribution in [2.75, 3.05) is 20.2 Å². The minimum absolute atomic E-state index is 0.0694. The Balaban J connectivity index is 1.54. The first-order valence-corrected chi connectivity index (χ1v) is 7.48. The molecule has 1 fully saturated rings. The number of halogens is 1. The Morgan fingerprint density at radius 2 is 2.00 bits per heavy atom. The Bertz CT molecular complexity index is 596. The Morgan fingerprint density at radius 1 is 1.27 bits per heavy atom. The summed E-state index contributed by atoms with van der Waals surface area (Å²) < 4.78 is 21.1. The molecule has 3 rings (SSSR count). The standard InChI is InChI=1S/C15H20FN5O/c1-22-15-14(16)13(2-5-17-15)9-20-6-3-12(4-7-20)8-21-10-18-19-11-21/h2,5,10-12H,3-4,6-9H2,1H3. The van der Waals surface area contributed by atoms with Gasteiger partial charge in [0.05, 0.1) is 7.11 Å². The van der Waals surface area contributed by atoms with Crippen LogP contribution in [0.4, 0.5) is 4.39 Å². The van der Waals surface area contributed by atoms with E-state index in [1.165, 1.54) is 7.11 Å². The molecule has 0 amide bonds. The van der Waals surface area contributed by atoms with Crippen molar-refractivity contribution >= 4 is 0 Å². The lowest BCUT2D eigenvalue weighted by Gasteiger charge is -2.32. The lowest BCUT2D eigenvalue weighted by atomic mass is 9.96. The van der Waals surface area contributed by atoms with Crippen LogP contribution in [0, 0.1) is 11.7 Å². The lowest BCUT2D eigenvalue weighted by molar-refractivity contribution is 0.165. The van der Waals surface area contributed by atoms with Gasteiger partial charge in [-0.3, -0.25) is 4.90 Å². The van der Waals surface area contributed by atoms with Gasteiger partial charge in [0, 0.05) is 24.8 Å². The van der Waals surface area contributed by atoms with Crippen molar-refractivity contribution < 1.29 is 9.13 Å². The third-order valence-electron chi connectivity index (χ3n) is 4.17. The minimum Gasteiger partial charge on any atom is -0.479 e. The zero-order valence-corrected chi connectivity index (χ0v) is 12.7. The van der Waals surface area contributed by atoms with Crippen molar-refractivity contribution in [3.63, 3.8) is 0 Å². The van der Waals surface area contributed by atoms with E-state index in [1.807, 2.05) is 4.57 Å². The lowest BCUT2D eigenvalue weighted by Crippen LogP contribution is -2.34. The highest BCUT2D eigenvalue weighted by Gasteiger charge is 2.21. The van der Waals surface area contributed by atoms with Crippen molar-refractivity contribution in [2.45, 2.75) is 25.9 Å². The number of hydrogen-bond donors (Lipinski definition) is 0. The molecule has 22 heavy (non-hydrogen) atoms. The summed E-state index contributed by atoms with van der Waals surface area (Å²) in [6.45, 7) is 3.50. The molecule has 0 bridgehead atoms. The normalized spacial score (nSPS) is 16.8. The number of piperidine rings is 1. The summed E-state index contributed by atoms with van der Waals surface area (Å²) in [5.74, 6) is 0.348. The van der Waals surface area contributed by atoms with Crippen molar-refractivity contribution in [1.82, 2.24) is 24.6 Å². The zero-order valence-electron chi connectivity index (χ0n) is 12.7. The fourth-order valence-electron chi connectivity index (χ4n) is 2.91. The molecule has 118 valence electrons. The van der Waals surface area contributed by atoms with Gasteiger partial charge in [-0.15, -0.1) is 10.2 Å². The van der Waals surface area contributed by atoms with Gasteiger partial charge < -0.3 is 9.30 Å². The van der Waals surface area contributed by atoms with Gasteiger partial charge in [0.25, 0.3) is 0 Å². The van der Waals surface area contributed by atoms with E-state index in [-0.39, 0.29) is 11.7 Å². The maximum Gasteiger partial charge on any atom is 0.250 e. The average Bonchev–Trinajstić information content (AvgIpc) is 3.04. The van der Waals surface area contributed by atoms with Crippen molar-refractivity contribution in [2.24, 2.45) is 5.92 Å². The van der Waals surface area contributed by atoms with Crippen LogP contribution in [0.5, 0.6) is 5.88 Å². The van der Waals surface area contributed by atoms with Crippen LogP contribution >= 0.6 is 0 Å². The number of hydrogen-bond acceptors (Lipinski definition) is 5. The molecule has 1 aliphatic rings. The second-order valence-corrected chi connectivity index (χ2v) is 5.67. The van der Waals surface area contributed by atoms with Crippen LogP contribution in [-0.2, 0) is 13.1 Å². The summed E-state index contributed by atoms with van der Waals surface area (Å²) in [5, 5.41) is 7.66. The van der Waals surface area contributed by atoms with Gasteiger partial charge in [0.1, 0.15) is 12.7 Å². The number of aromatic nitrogens is 4. The summed E-state index contributed by atoms with van der Waals surface area (Å²) in [5.41, 5.74) is 0.643. The molecule has 0 radical (unpaired) electrons. The molecule has 7 heteroatoms. The Hall–Kier alpha value is -2.02. The molecule has 6 nitrogen and oxygen atoms in total. The fourth-order valence-corrected chi connectivity index (χ4v) is 2.91. The molecule has 0 atom stereocenters. The first kappa shape index (κ1) is 14.9. The van der Waals surface area contributed by atoms with Crippen LogP contribution in [-0.4, -0.2) is 44.8 Å². The van der Waals surface area contributed by atoms with Gasteiger partial charge in [-0.05, 0) is 37.9 Å². The van der Waals surface area contributed by atoms with E-state index in [0.717, 1.165) is 32.5 Å². The van der Waals surface area contributed by atoms with E-state index in [4.69, 9.17) is 4.74 Å². The summed E-state index contributed by atoms with van der Waals surface area (Å²) in [6.07, 6.45) is 7.30. The van der Waals surface area contributed by atoms with E-state index in [2.05, 4.69) is 20.1 Å². The van der Waals surface area contributed by atoms with Gasteiger partial charge in [-0.25, -0.2) is 9.37 Å². The monoisotopic (exact) mass is 305 g/mol. The number of methoxy groups -OCH3 is 1. The van der Waals surface area contributed by atoms with Crippen molar-refractivity contribution in [3.05, 3.63) is 36.3 Å². The number of rotatable bonds is 5. The van der Waals surface area contributed by atoms with Crippen LogP contribution in [0.25, 0.3) is 0 Å². The van der Waals surface area contributed by atoms with Crippen LogP contribution in [0.15, 0.2) is 24.9 Å². The van der Waals surface area contributed by atoms with E-state index >= 15 is 0 Å². The molecule has 0 N–H and O–H groups in total. The van der Waals surface area contributed by atoms with Gasteiger partial charge in [0.15, 0.2) is 5.82 Å². The quantitative estimate of drug-likeness (QED) is 0.842. The molecule has 1 aliphatic heterocycles. The van der Waals surface area contributed by atoms with Crippen LogP contribution in [0.1, 0.15) is 18.4 Å². The second kappa shape index (κ2) is 6.83. The highest BCUT2D eigenvalue weighted by molar-refractivity contribution is 5.23. The molecule has 0 unspecified atom stereocenters. The Kier molecular flexibility index (Phi) is 4.62. The third kappa shape index (κ3) is 3.41. The van der Waals surface area contributed by atoms with E-state index < -0.39 is 0 Å². The van der Waals surface area contributed by atoms with Gasteiger partial charge >= 0.3 is 0 Å². The molecular formula is C15H20FN5O. The largest absolute Gasteiger partial charge is 0.479 e. The van der Waals surface area contributed by atoms with E-state index in [9.17, 15) is 4.39 Å². The maximum atomic E-state index is 14.1. The summed E-state index contributed by atoms with van der Waals surface area (Å²) >= 11 is 0. The first-order chi connectivity index (χ1) is 10.8. The smallest absolute Gasteiger partial charge is 0.250 e. The minimum atomic E-state index is -0.350. The highest BCUT2D eigenvalue weighted by atomic mass is 19.1. The first-order valence-electron chi connectivity index (χ1n) is 7.48. The molecule has 0 saturated carbocycles. The van der Waals surface area contributed by atoms with Gasteiger partial charge in [-0.2, -0.15) is 0 Å². The number of ether oxygens (including phenoxy) is 1. The zero-order chi connectivity index (χ0) is 15.4. The topological polar surface area (TPSA) is 56.1 Å². The summed E-state index contributed by atoms with van der Waals surface area (Å²) in [7, 11) is 1.44. The SMILES string of the molecule is COc1nccc(CN2CCC(Cn3cnnc3)CC2)c1F. The molecular weight excluding hydrogens is 285 g/mol. The van der Waals surface area contributed by atoms with Crippen LogP contribution in [0.3, 0.4) is 0 Å².